The average Bonchev–Trinajstić information content (AvgIpc) is 2.65. The van der Waals surface area contributed by atoms with E-state index in [4.69, 9.17) is 12.2 Å². The first-order chi connectivity index (χ1) is 11.7. The van der Waals surface area contributed by atoms with E-state index in [9.17, 15) is 0 Å². The van der Waals surface area contributed by atoms with Crippen molar-refractivity contribution in [3.8, 4) is 0 Å². The molecule has 0 fully saturated rings. The molecule has 3 aromatic carbocycles. The van der Waals surface area contributed by atoms with Gasteiger partial charge in [0.2, 0.25) is 0 Å². The number of hydrogen-bond donors (Lipinski definition) is 0. The van der Waals surface area contributed by atoms with Crippen molar-refractivity contribution < 1.29 is 0 Å². The summed E-state index contributed by atoms with van der Waals surface area (Å²) in [6.45, 7) is 0. The zero-order valence-electron chi connectivity index (χ0n) is 14.0. The third-order valence-electron chi connectivity index (χ3n) is 4.35. The molecule has 0 saturated carbocycles. The molecule has 0 unspecified atom stereocenters. The standard InChI is InChI=1S/3C6H5.C3H6NS.Pb/c3*1-2-4-6-5-3-1;1-4(2)3-5;/h3*1-5H;1-2H3;. The molecule has 0 heterocycles. The molecule has 3 rings (SSSR count). The van der Waals surface area contributed by atoms with Crippen molar-refractivity contribution in [2.45, 2.75) is 0 Å². The van der Waals surface area contributed by atoms with Crippen LogP contribution in [0.1, 0.15) is 0 Å². The topological polar surface area (TPSA) is 3.24 Å². The maximum atomic E-state index is 6.08. The molecule has 120 valence electrons. The Hall–Kier alpha value is -1.53. The van der Waals surface area contributed by atoms with Crippen molar-refractivity contribution in [1.82, 2.24) is 4.90 Å². The molecular formula is C21H21NPbS. The summed E-state index contributed by atoms with van der Waals surface area (Å²) in [5.41, 5.74) is 0. The van der Waals surface area contributed by atoms with Crippen LogP contribution in [0.4, 0.5) is 0 Å². The van der Waals surface area contributed by atoms with Crippen LogP contribution in [0, 0.1) is 0 Å². The maximum absolute atomic E-state index is 6.08. The molecule has 1 nitrogen and oxygen atoms in total. The predicted octanol–water partition coefficient (Wildman–Crippen LogP) is 2.59. The van der Waals surface area contributed by atoms with Crippen molar-refractivity contribution in [3.05, 3.63) is 91.0 Å². The van der Waals surface area contributed by atoms with Gasteiger partial charge in [-0.25, -0.2) is 0 Å². The molecule has 0 aliphatic heterocycles. The van der Waals surface area contributed by atoms with Crippen LogP contribution in [-0.2, 0) is 0 Å². The zero-order chi connectivity index (χ0) is 17.0. The second-order valence-corrected chi connectivity index (χ2v) is 22.2. The Balaban J connectivity index is 2.40. The van der Waals surface area contributed by atoms with Crippen molar-refractivity contribution >= 4 is 45.3 Å². The van der Waals surface area contributed by atoms with Crippen LogP contribution < -0.4 is 9.37 Å². The fourth-order valence-electron chi connectivity index (χ4n) is 3.27. The Morgan fingerprint density at radius 3 is 1.17 bits per heavy atom. The predicted molar refractivity (Wildman–Crippen MR) is 110 cm³/mol. The van der Waals surface area contributed by atoms with Crippen LogP contribution >= 0.6 is 12.2 Å². The average molecular weight is 527 g/mol. The van der Waals surface area contributed by atoms with Crippen molar-refractivity contribution in [2.24, 2.45) is 0 Å². The Bertz CT molecular complexity index is 704. The van der Waals surface area contributed by atoms with Gasteiger partial charge in [-0.3, -0.25) is 0 Å². The molecular weight excluding hydrogens is 506 g/mol. The van der Waals surface area contributed by atoms with Crippen LogP contribution in [0.3, 0.4) is 0 Å². The Labute approximate surface area is 154 Å². The second-order valence-electron chi connectivity index (χ2n) is 6.05. The molecule has 0 radical (unpaired) electrons. The zero-order valence-corrected chi connectivity index (χ0v) is 18.7. The fourth-order valence-corrected chi connectivity index (χ4v) is 23.8. The van der Waals surface area contributed by atoms with Crippen LogP contribution in [0.15, 0.2) is 91.0 Å². The molecule has 0 amide bonds. The Morgan fingerprint density at radius 1 is 0.625 bits per heavy atom. The minimum absolute atomic E-state index is 1.10. The van der Waals surface area contributed by atoms with Gasteiger partial charge in [-0.05, 0) is 0 Å². The van der Waals surface area contributed by atoms with E-state index in [2.05, 4.69) is 110 Å². The summed E-state index contributed by atoms with van der Waals surface area (Å²) in [6.07, 6.45) is 0. The van der Waals surface area contributed by atoms with Gasteiger partial charge in [0, 0.05) is 0 Å². The first-order valence-electron chi connectivity index (χ1n) is 8.05. The monoisotopic (exact) mass is 527 g/mol. The van der Waals surface area contributed by atoms with Gasteiger partial charge >= 0.3 is 155 Å². The van der Waals surface area contributed by atoms with Gasteiger partial charge in [-0.15, -0.1) is 0 Å². The molecule has 0 saturated heterocycles. The minimum atomic E-state index is -3.60. The van der Waals surface area contributed by atoms with Gasteiger partial charge in [-0.2, -0.15) is 0 Å². The molecule has 0 aromatic heterocycles. The van der Waals surface area contributed by atoms with E-state index < -0.39 is 21.2 Å². The summed E-state index contributed by atoms with van der Waals surface area (Å²) in [5, 5.41) is 0. The molecule has 0 aliphatic carbocycles. The molecule has 24 heavy (non-hydrogen) atoms. The van der Waals surface area contributed by atoms with E-state index in [0.29, 0.717) is 0 Å². The number of nitrogens with zero attached hydrogens (tertiary/aromatic N) is 1. The van der Waals surface area contributed by atoms with Crippen LogP contribution in [0.2, 0.25) is 0 Å². The Kier molecular flexibility index (Phi) is 5.46. The van der Waals surface area contributed by atoms with Crippen molar-refractivity contribution in [1.29, 1.82) is 0 Å². The molecule has 0 atom stereocenters. The van der Waals surface area contributed by atoms with Crippen molar-refractivity contribution in [3.63, 3.8) is 0 Å². The van der Waals surface area contributed by atoms with E-state index in [0.717, 1.165) is 2.55 Å². The van der Waals surface area contributed by atoms with Gasteiger partial charge in [-0.1, -0.05) is 0 Å². The normalized spacial score (nSPS) is 11.1. The summed E-state index contributed by atoms with van der Waals surface area (Å²) in [6, 6.07) is 32.6. The SMILES string of the molecule is CN(C)[C](=S)[Pb]([c]1ccccc1)([c]1ccccc1)[c]1ccccc1. The molecule has 0 spiro atoms. The summed E-state index contributed by atoms with van der Waals surface area (Å²) in [7, 11) is 4.15. The number of benzene rings is 3. The van der Waals surface area contributed by atoms with E-state index in [1.807, 2.05) is 0 Å². The second kappa shape index (κ2) is 7.57. The van der Waals surface area contributed by atoms with Gasteiger partial charge in [0.1, 0.15) is 0 Å². The fraction of sp³-hybridized carbons (Fsp3) is 0.0952. The quantitative estimate of drug-likeness (QED) is 0.380. The van der Waals surface area contributed by atoms with E-state index in [-0.39, 0.29) is 0 Å². The van der Waals surface area contributed by atoms with E-state index in [1.165, 1.54) is 9.37 Å². The third kappa shape index (κ3) is 3.05. The van der Waals surface area contributed by atoms with Gasteiger partial charge < -0.3 is 0 Å². The summed E-state index contributed by atoms with van der Waals surface area (Å²) in [5.74, 6) is 0. The van der Waals surface area contributed by atoms with E-state index >= 15 is 0 Å². The van der Waals surface area contributed by atoms with Crippen LogP contribution in [0.5, 0.6) is 0 Å². The van der Waals surface area contributed by atoms with Crippen LogP contribution in [0.25, 0.3) is 0 Å². The molecule has 0 aliphatic rings. The van der Waals surface area contributed by atoms with Crippen LogP contribution in [-0.4, -0.2) is 42.7 Å². The van der Waals surface area contributed by atoms with Gasteiger partial charge in [0.05, 0.1) is 0 Å². The summed E-state index contributed by atoms with van der Waals surface area (Å²) in [4.78, 5) is 2.14. The number of rotatable bonds is 4. The van der Waals surface area contributed by atoms with E-state index in [1.54, 1.807) is 0 Å². The molecule has 0 N–H and O–H groups in total. The molecule has 0 bridgehead atoms. The summed E-state index contributed by atoms with van der Waals surface area (Å²) >= 11 is 2.48. The van der Waals surface area contributed by atoms with Gasteiger partial charge in [0.15, 0.2) is 0 Å². The number of hydrogen-bond acceptors (Lipinski definition) is 1. The first-order valence-corrected chi connectivity index (χ1v) is 16.2. The number of thiocarbonyl (C=S) groups is 1. The third-order valence-corrected chi connectivity index (χ3v) is 25.6. The summed E-state index contributed by atoms with van der Waals surface area (Å²) < 4.78 is 5.31. The van der Waals surface area contributed by atoms with Crippen molar-refractivity contribution in [2.75, 3.05) is 14.1 Å². The molecule has 3 heteroatoms. The Morgan fingerprint density at radius 2 is 0.917 bits per heavy atom. The van der Waals surface area contributed by atoms with Gasteiger partial charge in [0.25, 0.3) is 0 Å². The molecule has 3 aromatic rings. The first kappa shape index (κ1) is 17.3.